The number of alkyl halides is 9. The van der Waals surface area contributed by atoms with Crippen LogP contribution in [0.25, 0.3) is 0 Å². The molecule has 0 aromatic rings. The molecule has 188 valence electrons. The van der Waals surface area contributed by atoms with Gasteiger partial charge in [-0.15, -0.1) is 0 Å². The number of rotatable bonds is 12. The van der Waals surface area contributed by atoms with Crippen LogP contribution in [0.15, 0.2) is 0 Å². The molecule has 0 rings (SSSR count). The van der Waals surface area contributed by atoms with E-state index in [1.54, 1.807) is 0 Å². The molecular weight excluding hydrogens is 550 g/mol. The number of halogens is 9. The van der Waals surface area contributed by atoms with Crippen LogP contribution in [0.2, 0.25) is 0 Å². The molecule has 0 aromatic carbocycles. The molecule has 0 atom stereocenters. The zero-order chi connectivity index (χ0) is 24.9. The number of hydrogen-bond donors (Lipinski definition) is 0. The average Bonchev–Trinajstić information content (AvgIpc) is 2.46. The van der Waals surface area contributed by atoms with Crippen molar-refractivity contribution in [2.45, 2.75) is 18.5 Å². The Hall–Kier alpha value is -0.423. The monoisotopic (exact) mass is 556 g/mol. The molecular formula is C7H6F9LiO12S3. The second-order valence-corrected chi connectivity index (χ2v) is 8.01. The van der Waals surface area contributed by atoms with Crippen molar-refractivity contribution in [3.05, 3.63) is 6.48 Å². The van der Waals surface area contributed by atoms with Gasteiger partial charge in [-0.05, 0) is 0 Å². The smallest absolute Gasteiger partial charge is 0.363 e. The fourth-order valence-corrected chi connectivity index (χ4v) is 2.59. The summed E-state index contributed by atoms with van der Waals surface area (Å²) in [5.74, 6) is 0. The molecule has 0 amide bonds. The van der Waals surface area contributed by atoms with Gasteiger partial charge in [0.15, 0.2) is 19.8 Å². The molecule has 0 saturated carbocycles. The fourth-order valence-electron chi connectivity index (χ4n) is 0.781. The van der Waals surface area contributed by atoms with Gasteiger partial charge in [-0.25, -0.2) is 12.5 Å². The van der Waals surface area contributed by atoms with Gasteiger partial charge in [-0.3, -0.25) is 0 Å². The van der Waals surface area contributed by atoms with Gasteiger partial charge in [0.1, 0.15) is 0 Å². The van der Waals surface area contributed by atoms with Gasteiger partial charge in [0.2, 0.25) is 0 Å². The molecule has 0 spiro atoms. The van der Waals surface area contributed by atoms with Crippen LogP contribution in [0.1, 0.15) is 0 Å². The Balaban J connectivity index is 0. The van der Waals surface area contributed by atoms with E-state index in [0.717, 1.165) is 0 Å². The Morgan fingerprint density at radius 3 is 0.844 bits per heavy atom. The van der Waals surface area contributed by atoms with Crippen LogP contribution in [0.3, 0.4) is 0 Å². The zero-order valence-electron chi connectivity index (χ0n) is 14.6. The normalized spacial score (nSPS) is 14.4. The van der Waals surface area contributed by atoms with Gasteiger partial charge in [-0.1, -0.05) is 0 Å². The van der Waals surface area contributed by atoms with Crippen molar-refractivity contribution in [2.75, 3.05) is 19.8 Å². The zero-order valence-corrected chi connectivity index (χ0v) is 17.1. The summed E-state index contributed by atoms with van der Waals surface area (Å²) >= 11 is 0. The van der Waals surface area contributed by atoms with Gasteiger partial charge in [-0.2, -0.15) is 64.8 Å². The van der Waals surface area contributed by atoms with Crippen molar-refractivity contribution in [3.8, 4) is 0 Å². The fraction of sp³-hybridized carbons (Fsp3) is 0.857. The molecule has 0 heterocycles. The van der Waals surface area contributed by atoms with Crippen LogP contribution in [0.4, 0.5) is 39.5 Å². The molecule has 0 aliphatic carbocycles. The molecule has 0 fully saturated rings. The maximum Gasteiger partial charge on any atom is 1.00 e. The second-order valence-electron chi connectivity index (χ2n) is 4.36. The molecule has 0 N–H and O–H groups in total. The maximum absolute atomic E-state index is 11.9. The van der Waals surface area contributed by atoms with Crippen molar-refractivity contribution in [2.24, 2.45) is 0 Å². The summed E-state index contributed by atoms with van der Waals surface area (Å²) in [6, 6.07) is 0. The molecule has 0 aliphatic heterocycles. The van der Waals surface area contributed by atoms with Crippen LogP contribution < -0.4 is 18.9 Å². The van der Waals surface area contributed by atoms with Crippen LogP contribution in [0.5, 0.6) is 0 Å². The van der Waals surface area contributed by atoms with Crippen LogP contribution in [0, 0.1) is 6.48 Å². The Morgan fingerprint density at radius 1 is 0.500 bits per heavy atom. The first kappa shape index (κ1) is 33.7. The SMILES string of the molecule is O=S(=O)(OCC(F)(F)F)O[C-](OS(=O)(=O)OCC(F)(F)F)OS(=O)(=O)OCC(F)(F)F.[Li+]. The van der Waals surface area contributed by atoms with E-state index in [0.29, 0.717) is 0 Å². The van der Waals surface area contributed by atoms with E-state index >= 15 is 0 Å². The van der Waals surface area contributed by atoms with E-state index in [1.165, 1.54) is 0 Å². The largest absolute Gasteiger partial charge is 1.00 e. The second kappa shape index (κ2) is 11.8. The molecule has 0 aliphatic rings. The van der Waals surface area contributed by atoms with Crippen LogP contribution in [-0.2, 0) is 56.3 Å². The minimum atomic E-state index is -6.14. The quantitative estimate of drug-likeness (QED) is 0.148. The summed E-state index contributed by atoms with van der Waals surface area (Å²) in [6.07, 6.45) is -16.1. The van der Waals surface area contributed by atoms with Gasteiger partial charge in [0, 0.05) is 0 Å². The van der Waals surface area contributed by atoms with Gasteiger partial charge >= 0.3 is 68.6 Å². The first-order valence-corrected chi connectivity index (χ1v) is 10.2. The topological polar surface area (TPSA) is 158 Å². The predicted octanol–water partition coefficient (Wildman–Crippen LogP) is -2.04. The van der Waals surface area contributed by atoms with Gasteiger partial charge in [0.05, 0.1) is 6.48 Å². The molecule has 25 heteroatoms. The average molecular weight is 556 g/mol. The van der Waals surface area contributed by atoms with Crippen molar-refractivity contribution in [3.63, 3.8) is 0 Å². The molecule has 0 unspecified atom stereocenters. The summed E-state index contributed by atoms with van der Waals surface area (Å²) in [6.45, 7) is -10.9. The summed E-state index contributed by atoms with van der Waals surface area (Å²) in [5, 5.41) is 0. The Kier molecular flexibility index (Phi) is 12.5. The third kappa shape index (κ3) is 19.1. The molecule has 0 aromatic heterocycles. The van der Waals surface area contributed by atoms with E-state index in [-0.39, 0.29) is 18.9 Å². The van der Waals surface area contributed by atoms with Crippen LogP contribution >= 0.6 is 0 Å². The maximum atomic E-state index is 11.9. The Labute approximate surface area is 185 Å². The summed E-state index contributed by atoms with van der Waals surface area (Å²) in [4.78, 5) is 0. The first-order chi connectivity index (χ1) is 13.4. The standard InChI is InChI=1S/C7H6F9O12S3.Li/c8-5(9,10)1-23-29(17,18)26-4(27-30(19,20)24-2-6(11,12)13)28-31(21,22)25-3-7(14,15)16;/h1-3H2;/q-1;+1. The van der Waals surface area contributed by atoms with E-state index in [2.05, 4.69) is 25.1 Å². The van der Waals surface area contributed by atoms with E-state index in [4.69, 9.17) is 0 Å². The molecule has 0 radical (unpaired) electrons. The third-order valence-electron chi connectivity index (χ3n) is 1.61. The van der Waals surface area contributed by atoms with Gasteiger partial charge in [0.25, 0.3) is 0 Å². The Bertz CT molecular complexity index is 773. The van der Waals surface area contributed by atoms with Crippen molar-refractivity contribution in [1.82, 2.24) is 0 Å². The van der Waals surface area contributed by atoms with Crippen molar-refractivity contribution < 1.29 is 109 Å². The van der Waals surface area contributed by atoms with E-state index in [9.17, 15) is 64.8 Å². The van der Waals surface area contributed by atoms with Gasteiger partial charge < -0.3 is 12.5 Å². The molecule has 12 nitrogen and oxygen atoms in total. The third-order valence-corrected chi connectivity index (χ3v) is 3.85. The van der Waals surface area contributed by atoms with Crippen LogP contribution in [-0.4, -0.2) is 63.6 Å². The minimum absolute atomic E-state index is 0. The summed E-state index contributed by atoms with van der Waals surface area (Å²) in [7, 11) is -18.4. The summed E-state index contributed by atoms with van der Waals surface area (Å²) < 4.78 is 193. The van der Waals surface area contributed by atoms with Crippen molar-refractivity contribution in [1.29, 1.82) is 0 Å². The predicted molar refractivity (Wildman–Crippen MR) is 69.3 cm³/mol. The number of hydrogen-bond acceptors (Lipinski definition) is 12. The minimum Gasteiger partial charge on any atom is -0.363 e. The van der Waals surface area contributed by atoms with E-state index < -0.39 is 76.0 Å². The summed E-state index contributed by atoms with van der Waals surface area (Å²) in [5.41, 5.74) is 0. The molecule has 0 bridgehead atoms. The molecule has 32 heavy (non-hydrogen) atoms. The Morgan fingerprint density at radius 2 is 0.688 bits per heavy atom. The van der Waals surface area contributed by atoms with E-state index in [1.807, 2.05) is 0 Å². The first-order valence-electron chi connectivity index (χ1n) is 6.24. The van der Waals surface area contributed by atoms with Crippen molar-refractivity contribution >= 4 is 31.2 Å². The molecule has 0 saturated heterocycles.